The minimum atomic E-state index is -0.469. The van der Waals surface area contributed by atoms with E-state index < -0.39 is 5.76 Å². The molecule has 1 aromatic carbocycles. The minimum Gasteiger partial charge on any atom is -0.408 e. The van der Waals surface area contributed by atoms with Crippen molar-refractivity contribution in [3.8, 4) is 0 Å². The smallest absolute Gasteiger partial charge is 0.408 e. The summed E-state index contributed by atoms with van der Waals surface area (Å²) in [4.78, 5) is 31.1. The third-order valence-electron chi connectivity index (χ3n) is 8.47. The van der Waals surface area contributed by atoms with Gasteiger partial charge in [-0.25, -0.2) is 9.78 Å². The van der Waals surface area contributed by atoms with E-state index in [0.717, 1.165) is 34.9 Å². The number of aryl methyl sites for hydroxylation is 2. The molecule has 2 aliphatic heterocycles. The second-order valence-electron chi connectivity index (χ2n) is 11.3. The molecule has 0 amide bonds. The number of aromatic amines is 1. The van der Waals surface area contributed by atoms with Gasteiger partial charge in [-0.1, -0.05) is 0 Å². The fourth-order valence-corrected chi connectivity index (χ4v) is 6.40. The molecule has 7 rings (SSSR count). The van der Waals surface area contributed by atoms with Crippen LogP contribution in [0, 0.1) is 19.8 Å². The van der Waals surface area contributed by atoms with Crippen molar-refractivity contribution >= 4 is 34.2 Å². The average Bonchev–Trinajstić information content (AvgIpc) is 3.59. The molecule has 0 spiro atoms. The molecule has 4 aromatic rings. The molecular weight excluding hydrogens is 478 g/mol. The molecule has 1 aliphatic carbocycles. The van der Waals surface area contributed by atoms with Crippen LogP contribution in [0.1, 0.15) is 61.3 Å². The highest BCUT2D eigenvalue weighted by molar-refractivity contribution is 5.78. The number of hydrogen-bond donors (Lipinski definition) is 3. The van der Waals surface area contributed by atoms with Gasteiger partial charge in [0.1, 0.15) is 5.82 Å². The van der Waals surface area contributed by atoms with Gasteiger partial charge in [-0.3, -0.25) is 14.9 Å². The molecule has 9 heteroatoms. The maximum absolute atomic E-state index is 11.5. The summed E-state index contributed by atoms with van der Waals surface area (Å²) in [7, 11) is 0. The normalized spacial score (nSPS) is 23.2. The molecule has 0 radical (unpaired) electrons. The summed E-state index contributed by atoms with van der Waals surface area (Å²) >= 11 is 0. The number of oxazole rings is 1. The number of benzene rings is 1. The lowest BCUT2D eigenvalue weighted by Gasteiger charge is -2.39. The highest BCUT2D eigenvalue weighted by Gasteiger charge is 2.43. The lowest BCUT2D eigenvalue weighted by Crippen LogP contribution is -2.43. The quantitative estimate of drug-likeness (QED) is 0.297. The van der Waals surface area contributed by atoms with E-state index >= 15 is 0 Å². The molecule has 5 heterocycles. The van der Waals surface area contributed by atoms with Crippen LogP contribution in [-0.4, -0.2) is 43.5 Å². The Morgan fingerprint density at radius 1 is 0.974 bits per heavy atom. The Morgan fingerprint density at radius 3 is 2.55 bits per heavy atom. The summed E-state index contributed by atoms with van der Waals surface area (Å²) in [6, 6.07) is 9.06. The van der Waals surface area contributed by atoms with E-state index in [0.29, 0.717) is 28.8 Å². The van der Waals surface area contributed by atoms with Gasteiger partial charge in [-0.15, -0.1) is 0 Å². The number of anilines is 4. The van der Waals surface area contributed by atoms with Gasteiger partial charge < -0.3 is 15.1 Å². The first-order chi connectivity index (χ1) is 18.5. The fraction of sp³-hybridized carbons (Fsp3) is 0.448. The molecule has 2 unspecified atom stereocenters. The Hall–Kier alpha value is -3.72. The van der Waals surface area contributed by atoms with E-state index in [1.54, 1.807) is 12.3 Å². The Morgan fingerprint density at radius 2 is 1.79 bits per heavy atom. The summed E-state index contributed by atoms with van der Waals surface area (Å²) in [5.74, 6) is 2.22. The zero-order chi connectivity index (χ0) is 25.8. The van der Waals surface area contributed by atoms with Crippen LogP contribution in [0.4, 0.5) is 23.1 Å². The van der Waals surface area contributed by atoms with E-state index in [9.17, 15) is 4.79 Å². The van der Waals surface area contributed by atoms with Crippen LogP contribution < -0.4 is 16.4 Å². The second-order valence-corrected chi connectivity index (χ2v) is 11.3. The molecule has 2 atom stereocenters. The number of fused-ring (bicyclic) bond motifs is 3. The predicted molar refractivity (Wildman–Crippen MR) is 147 cm³/mol. The first kappa shape index (κ1) is 23.4. The zero-order valence-corrected chi connectivity index (χ0v) is 21.8. The predicted octanol–water partition coefficient (Wildman–Crippen LogP) is 5.53. The van der Waals surface area contributed by atoms with E-state index in [2.05, 4.69) is 38.5 Å². The second kappa shape index (κ2) is 9.23. The van der Waals surface area contributed by atoms with E-state index in [4.69, 9.17) is 14.4 Å². The highest BCUT2D eigenvalue weighted by Crippen LogP contribution is 2.45. The summed E-state index contributed by atoms with van der Waals surface area (Å²) in [6.45, 7) is 5.45. The third kappa shape index (κ3) is 4.55. The zero-order valence-electron chi connectivity index (χ0n) is 21.8. The summed E-state index contributed by atoms with van der Waals surface area (Å²) in [5.41, 5.74) is 6.21. The molecule has 9 nitrogen and oxygen atoms in total. The molecule has 3 aliphatic rings. The third-order valence-corrected chi connectivity index (χ3v) is 8.47. The average molecular weight is 512 g/mol. The molecule has 2 saturated heterocycles. The van der Waals surface area contributed by atoms with Gasteiger partial charge in [0.15, 0.2) is 5.58 Å². The van der Waals surface area contributed by atoms with Crippen molar-refractivity contribution in [2.45, 2.75) is 70.4 Å². The van der Waals surface area contributed by atoms with Crippen molar-refractivity contribution in [1.82, 2.24) is 24.8 Å². The first-order valence-electron chi connectivity index (χ1n) is 13.7. The fourth-order valence-electron chi connectivity index (χ4n) is 6.40. The van der Waals surface area contributed by atoms with Gasteiger partial charge >= 0.3 is 5.76 Å². The number of pyridine rings is 1. The van der Waals surface area contributed by atoms with Crippen LogP contribution in [0.3, 0.4) is 0 Å². The van der Waals surface area contributed by atoms with Crippen LogP contribution >= 0.6 is 0 Å². The van der Waals surface area contributed by atoms with Gasteiger partial charge in [0.2, 0.25) is 5.95 Å². The van der Waals surface area contributed by atoms with Crippen LogP contribution in [-0.2, 0) is 0 Å². The van der Waals surface area contributed by atoms with Crippen LogP contribution in [0.25, 0.3) is 11.1 Å². The van der Waals surface area contributed by atoms with E-state index in [1.165, 1.54) is 56.3 Å². The maximum atomic E-state index is 11.5. The van der Waals surface area contributed by atoms with Crippen molar-refractivity contribution in [1.29, 1.82) is 0 Å². The van der Waals surface area contributed by atoms with Gasteiger partial charge in [-0.2, -0.15) is 4.98 Å². The van der Waals surface area contributed by atoms with Crippen molar-refractivity contribution < 1.29 is 4.42 Å². The molecule has 38 heavy (non-hydrogen) atoms. The molecule has 3 fully saturated rings. The number of nitrogens with zero attached hydrogens (tertiary/aromatic N) is 4. The Kier molecular flexibility index (Phi) is 5.69. The monoisotopic (exact) mass is 511 g/mol. The molecule has 3 N–H and O–H groups in total. The molecule has 196 valence electrons. The molecule has 2 bridgehead atoms. The number of H-pyrrole nitrogens is 1. The maximum Gasteiger partial charge on any atom is 0.417 e. The highest BCUT2D eigenvalue weighted by atomic mass is 16.4. The molecule has 1 saturated carbocycles. The van der Waals surface area contributed by atoms with E-state index in [-0.39, 0.29) is 0 Å². The number of piperidine rings is 1. The molecular formula is C29H33N7O2. The topological polar surface area (TPSA) is 112 Å². The van der Waals surface area contributed by atoms with Gasteiger partial charge in [-0.05, 0) is 88.1 Å². The van der Waals surface area contributed by atoms with Crippen LogP contribution in [0.15, 0.2) is 45.9 Å². The van der Waals surface area contributed by atoms with Crippen molar-refractivity contribution in [3.05, 3.63) is 64.0 Å². The summed E-state index contributed by atoms with van der Waals surface area (Å²) in [6.07, 6.45) is 11.7. The van der Waals surface area contributed by atoms with Crippen LogP contribution in [0.2, 0.25) is 0 Å². The van der Waals surface area contributed by atoms with Crippen molar-refractivity contribution in [2.24, 2.45) is 5.92 Å². The first-order valence-corrected chi connectivity index (χ1v) is 13.7. The number of hydrogen-bond acceptors (Lipinski definition) is 8. The Labute approximate surface area is 221 Å². The largest absolute Gasteiger partial charge is 0.417 e. The van der Waals surface area contributed by atoms with Crippen LogP contribution in [0.5, 0.6) is 0 Å². The van der Waals surface area contributed by atoms with Gasteiger partial charge in [0.05, 0.1) is 17.4 Å². The molecule has 3 aromatic heterocycles. The summed E-state index contributed by atoms with van der Waals surface area (Å²) in [5, 5.41) is 6.65. The Bertz CT molecular complexity index is 1540. The number of nitrogens with one attached hydrogen (secondary N) is 3. The minimum absolute atomic E-state index is 0.469. The lowest BCUT2D eigenvalue weighted by atomic mass is 9.86. The standard InChI is InChI=1S/C29H33N7O2/c1-16-9-21(14-30-26(16)19-10-22-6-7-23(11-19)36(22)15-18-3-4-18)33-28-31-13-17(2)27(35-28)32-20-5-8-25-24(12-20)34-29(37)38-25/h5,8-9,12-14,18-19,22-23H,3-4,6-7,10-11,15H2,1-2H3,(H,34,37)(H2,31,32,33,35). The Balaban J connectivity index is 1.05. The lowest BCUT2D eigenvalue weighted by molar-refractivity contribution is 0.119. The van der Waals surface area contributed by atoms with E-state index in [1.807, 2.05) is 25.3 Å². The number of aromatic nitrogens is 4. The van der Waals surface area contributed by atoms with Gasteiger partial charge in [0, 0.05) is 47.7 Å². The number of rotatable bonds is 7. The SMILES string of the molecule is Cc1cnc(Nc2cnc(C3CC4CCC(C3)N4CC3CC3)c(C)c2)nc1Nc1ccc2oc(=O)[nH]c2c1. The van der Waals surface area contributed by atoms with Crippen molar-refractivity contribution in [3.63, 3.8) is 0 Å². The summed E-state index contributed by atoms with van der Waals surface area (Å²) < 4.78 is 5.09. The van der Waals surface area contributed by atoms with Gasteiger partial charge in [0.25, 0.3) is 0 Å². The van der Waals surface area contributed by atoms with Crippen molar-refractivity contribution in [2.75, 3.05) is 17.2 Å².